The number of hydrogen-bond acceptors (Lipinski definition) is 4. The summed E-state index contributed by atoms with van der Waals surface area (Å²) >= 11 is 0. The first kappa shape index (κ1) is 14.7. The Labute approximate surface area is 129 Å². The van der Waals surface area contributed by atoms with Crippen molar-refractivity contribution >= 4 is 16.8 Å². The van der Waals surface area contributed by atoms with E-state index in [-0.39, 0.29) is 6.04 Å². The summed E-state index contributed by atoms with van der Waals surface area (Å²) in [5, 5.41) is 1.09. The van der Waals surface area contributed by atoms with Gasteiger partial charge in [-0.25, -0.2) is 0 Å². The Bertz CT molecular complexity index is 693. The molecule has 1 unspecified atom stereocenters. The van der Waals surface area contributed by atoms with Crippen LogP contribution in [0, 0.1) is 0 Å². The first-order chi connectivity index (χ1) is 10.7. The zero-order valence-corrected chi connectivity index (χ0v) is 12.3. The fraction of sp³-hybridized carbons (Fsp3) is 0.294. The van der Waals surface area contributed by atoms with E-state index < -0.39 is 5.91 Å². The minimum atomic E-state index is -0.430. The molecule has 1 aromatic heterocycles. The van der Waals surface area contributed by atoms with Gasteiger partial charge in [0.2, 0.25) is 5.91 Å². The van der Waals surface area contributed by atoms with Crippen molar-refractivity contribution in [1.29, 1.82) is 0 Å². The number of ether oxygens (including phenoxy) is 1. The fourth-order valence-corrected chi connectivity index (χ4v) is 2.76. The number of amides is 1. The van der Waals surface area contributed by atoms with Gasteiger partial charge in [0.15, 0.2) is 0 Å². The standard InChI is InChI=1S/C17H19N3O2/c18-17(21)6-5-16(20-8-10-22-11-9-20)14-3-4-15-13(12-14)2-1-7-19-15/h1-7,12,16H,8-11H2,(H2,18,21). The molecular formula is C17H19N3O2. The van der Waals surface area contributed by atoms with Gasteiger partial charge in [-0.05, 0) is 23.8 Å². The van der Waals surface area contributed by atoms with Crippen LogP contribution in [0.15, 0.2) is 48.7 Å². The fourth-order valence-electron chi connectivity index (χ4n) is 2.76. The highest BCUT2D eigenvalue weighted by Crippen LogP contribution is 2.26. The predicted molar refractivity (Wildman–Crippen MR) is 85.2 cm³/mol. The van der Waals surface area contributed by atoms with Gasteiger partial charge in [0, 0.05) is 30.7 Å². The molecule has 1 fully saturated rings. The first-order valence-corrected chi connectivity index (χ1v) is 7.38. The van der Waals surface area contributed by atoms with E-state index in [4.69, 9.17) is 10.5 Å². The molecule has 2 aromatic rings. The van der Waals surface area contributed by atoms with Gasteiger partial charge in [-0.1, -0.05) is 18.2 Å². The van der Waals surface area contributed by atoms with Gasteiger partial charge < -0.3 is 10.5 Å². The number of nitrogens with two attached hydrogens (primary N) is 1. The molecule has 1 aromatic carbocycles. The molecule has 22 heavy (non-hydrogen) atoms. The summed E-state index contributed by atoms with van der Waals surface area (Å²) in [7, 11) is 0. The van der Waals surface area contributed by atoms with Crippen LogP contribution in [0.4, 0.5) is 0 Å². The lowest BCUT2D eigenvalue weighted by Crippen LogP contribution is -2.38. The molecule has 1 saturated heterocycles. The zero-order chi connectivity index (χ0) is 15.4. The number of carbonyl (C=O) groups is 1. The second-order valence-corrected chi connectivity index (χ2v) is 5.31. The highest BCUT2D eigenvalue weighted by molar-refractivity contribution is 5.86. The van der Waals surface area contributed by atoms with Gasteiger partial charge in [-0.3, -0.25) is 14.7 Å². The summed E-state index contributed by atoms with van der Waals surface area (Å²) in [6.07, 6.45) is 5.09. The van der Waals surface area contributed by atoms with E-state index in [9.17, 15) is 4.79 Å². The molecule has 114 valence electrons. The highest BCUT2D eigenvalue weighted by atomic mass is 16.5. The topological polar surface area (TPSA) is 68.5 Å². The van der Waals surface area contributed by atoms with Crippen LogP contribution in [0.3, 0.4) is 0 Å². The van der Waals surface area contributed by atoms with Crippen molar-refractivity contribution in [2.24, 2.45) is 5.73 Å². The van der Waals surface area contributed by atoms with E-state index >= 15 is 0 Å². The van der Waals surface area contributed by atoms with Crippen molar-refractivity contribution in [3.05, 3.63) is 54.2 Å². The van der Waals surface area contributed by atoms with E-state index in [0.717, 1.165) is 29.6 Å². The van der Waals surface area contributed by atoms with Gasteiger partial charge in [0.1, 0.15) is 0 Å². The van der Waals surface area contributed by atoms with Crippen LogP contribution in [0.1, 0.15) is 11.6 Å². The van der Waals surface area contributed by atoms with E-state index in [2.05, 4.69) is 22.0 Å². The summed E-state index contributed by atoms with van der Waals surface area (Å²) in [4.78, 5) is 17.7. The number of carbonyl (C=O) groups excluding carboxylic acids is 1. The maximum atomic E-state index is 11.1. The van der Waals surface area contributed by atoms with Gasteiger partial charge in [0.05, 0.1) is 24.8 Å². The maximum Gasteiger partial charge on any atom is 0.241 e. The van der Waals surface area contributed by atoms with E-state index in [1.807, 2.05) is 24.3 Å². The maximum absolute atomic E-state index is 11.1. The summed E-state index contributed by atoms with van der Waals surface area (Å²) in [5.41, 5.74) is 7.35. The Morgan fingerprint density at radius 1 is 1.32 bits per heavy atom. The molecule has 1 aliphatic rings. The minimum Gasteiger partial charge on any atom is -0.379 e. The summed E-state index contributed by atoms with van der Waals surface area (Å²) < 4.78 is 5.41. The van der Waals surface area contributed by atoms with Crippen LogP contribution in [-0.4, -0.2) is 42.1 Å². The molecule has 0 saturated carbocycles. The summed E-state index contributed by atoms with van der Waals surface area (Å²) in [6, 6.07) is 10.2. The average Bonchev–Trinajstić information content (AvgIpc) is 2.55. The van der Waals surface area contributed by atoms with Gasteiger partial charge >= 0.3 is 0 Å². The van der Waals surface area contributed by atoms with Gasteiger partial charge in [0.25, 0.3) is 0 Å². The Kier molecular flexibility index (Phi) is 4.46. The number of nitrogens with zero attached hydrogens (tertiary/aromatic N) is 2. The molecule has 5 heteroatoms. The monoisotopic (exact) mass is 297 g/mol. The lowest BCUT2D eigenvalue weighted by Gasteiger charge is -2.33. The molecule has 1 atom stereocenters. The van der Waals surface area contributed by atoms with Crippen LogP contribution in [0.5, 0.6) is 0 Å². The molecule has 1 amide bonds. The van der Waals surface area contributed by atoms with Crippen LogP contribution >= 0.6 is 0 Å². The molecule has 1 aliphatic heterocycles. The molecule has 0 aliphatic carbocycles. The van der Waals surface area contributed by atoms with E-state index in [1.54, 1.807) is 6.20 Å². The Hall–Kier alpha value is -2.24. The van der Waals surface area contributed by atoms with Crippen molar-refractivity contribution < 1.29 is 9.53 Å². The van der Waals surface area contributed by atoms with Crippen LogP contribution in [-0.2, 0) is 9.53 Å². The molecule has 0 bridgehead atoms. The normalized spacial score (nSPS) is 17.8. The second-order valence-electron chi connectivity index (χ2n) is 5.31. The molecule has 2 N–H and O–H groups in total. The average molecular weight is 297 g/mol. The molecule has 3 rings (SSSR count). The lowest BCUT2D eigenvalue weighted by atomic mass is 10.0. The third kappa shape index (κ3) is 3.32. The predicted octanol–water partition coefficient (Wildman–Crippen LogP) is 1.65. The van der Waals surface area contributed by atoms with Crippen LogP contribution in [0.25, 0.3) is 10.9 Å². The Morgan fingerprint density at radius 3 is 2.91 bits per heavy atom. The minimum absolute atomic E-state index is 0.0148. The number of hydrogen-bond donors (Lipinski definition) is 1. The molecular weight excluding hydrogens is 278 g/mol. The Morgan fingerprint density at radius 2 is 2.14 bits per heavy atom. The molecule has 0 spiro atoms. The number of primary amides is 1. The first-order valence-electron chi connectivity index (χ1n) is 7.38. The number of fused-ring (bicyclic) bond motifs is 1. The van der Waals surface area contributed by atoms with Crippen molar-refractivity contribution in [2.45, 2.75) is 6.04 Å². The number of rotatable bonds is 4. The molecule has 2 heterocycles. The Balaban J connectivity index is 1.96. The van der Waals surface area contributed by atoms with E-state index in [0.29, 0.717) is 13.2 Å². The quantitative estimate of drug-likeness (QED) is 0.871. The SMILES string of the molecule is NC(=O)C=CC(c1ccc2ncccc2c1)N1CCOCC1. The largest absolute Gasteiger partial charge is 0.379 e. The van der Waals surface area contributed by atoms with Crippen molar-refractivity contribution in [3.8, 4) is 0 Å². The summed E-state index contributed by atoms with van der Waals surface area (Å²) in [5.74, 6) is -0.430. The number of pyridine rings is 1. The van der Waals surface area contributed by atoms with Crippen LogP contribution in [0.2, 0.25) is 0 Å². The molecule has 0 radical (unpaired) electrons. The van der Waals surface area contributed by atoms with Crippen molar-refractivity contribution in [1.82, 2.24) is 9.88 Å². The second kappa shape index (κ2) is 6.68. The van der Waals surface area contributed by atoms with Gasteiger partial charge in [-0.15, -0.1) is 0 Å². The van der Waals surface area contributed by atoms with Gasteiger partial charge in [-0.2, -0.15) is 0 Å². The van der Waals surface area contributed by atoms with Crippen molar-refractivity contribution in [2.75, 3.05) is 26.3 Å². The smallest absolute Gasteiger partial charge is 0.241 e. The van der Waals surface area contributed by atoms with Crippen molar-refractivity contribution in [3.63, 3.8) is 0 Å². The third-order valence-electron chi connectivity index (χ3n) is 3.85. The number of morpholine rings is 1. The number of benzene rings is 1. The zero-order valence-electron chi connectivity index (χ0n) is 12.3. The van der Waals surface area contributed by atoms with Crippen LogP contribution < -0.4 is 5.73 Å². The number of aromatic nitrogens is 1. The van der Waals surface area contributed by atoms with E-state index in [1.165, 1.54) is 6.08 Å². The molecule has 5 nitrogen and oxygen atoms in total. The highest BCUT2D eigenvalue weighted by Gasteiger charge is 2.20. The third-order valence-corrected chi connectivity index (χ3v) is 3.85. The lowest BCUT2D eigenvalue weighted by molar-refractivity contribution is -0.113. The summed E-state index contributed by atoms with van der Waals surface area (Å²) in [6.45, 7) is 3.07.